The van der Waals surface area contributed by atoms with Crippen LogP contribution in [0.5, 0.6) is 11.5 Å². The molecule has 1 nitrogen and oxygen atoms in total. The molecule has 0 aliphatic carbocycles. The van der Waals surface area contributed by atoms with Gasteiger partial charge in [-0.15, -0.1) is 0 Å². The average molecular weight is 294 g/mol. The van der Waals surface area contributed by atoms with Crippen molar-refractivity contribution in [1.82, 2.24) is 0 Å². The van der Waals surface area contributed by atoms with E-state index >= 15 is 0 Å². The van der Waals surface area contributed by atoms with Crippen molar-refractivity contribution in [3.05, 3.63) is 84.9 Å². The highest BCUT2D eigenvalue weighted by Crippen LogP contribution is 2.47. The van der Waals surface area contributed by atoms with Gasteiger partial charge in [0.2, 0.25) is 0 Å². The van der Waals surface area contributed by atoms with Gasteiger partial charge in [-0.3, -0.25) is 0 Å². The third-order valence-electron chi connectivity index (χ3n) is 4.46. The third kappa shape index (κ3) is 1.87. The van der Waals surface area contributed by atoms with Gasteiger partial charge in [0.15, 0.2) is 0 Å². The maximum atomic E-state index is 6.21. The minimum Gasteiger partial charge on any atom is -0.456 e. The van der Waals surface area contributed by atoms with E-state index in [1.54, 1.807) is 0 Å². The van der Waals surface area contributed by atoms with Crippen LogP contribution in [-0.2, 0) is 0 Å². The molecule has 1 heteroatoms. The van der Waals surface area contributed by atoms with E-state index in [9.17, 15) is 0 Å². The second-order valence-corrected chi connectivity index (χ2v) is 5.84. The van der Waals surface area contributed by atoms with Crippen LogP contribution in [0.4, 0.5) is 0 Å². The van der Waals surface area contributed by atoms with Gasteiger partial charge in [0.25, 0.3) is 0 Å². The number of rotatable bonds is 0. The topological polar surface area (TPSA) is 9.23 Å². The molecule has 0 N–H and O–H groups in total. The quantitative estimate of drug-likeness (QED) is 0.326. The maximum Gasteiger partial charge on any atom is 0.135 e. The van der Waals surface area contributed by atoms with E-state index in [4.69, 9.17) is 4.74 Å². The fraction of sp³-hybridized carbons (Fsp3) is 0. The summed E-state index contributed by atoms with van der Waals surface area (Å²) < 4.78 is 6.21. The van der Waals surface area contributed by atoms with Gasteiger partial charge in [-0.25, -0.2) is 0 Å². The second-order valence-electron chi connectivity index (χ2n) is 5.84. The van der Waals surface area contributed by atoms with E-state index in [2.05, 4.69) is 60.7 Å². The molecule has 1 aliphatic rings. The van der Waals surface area contributed by atoms with E-state index in [1.165, 1.54) is 21.9 Å². The van der Waals surface area contributed by atoms with Crippen LogP contribution in [-0.4, -0.2) is 0 Å². The van der Waals surface area contributed by atoms with Crippen LogP contribution in [0.25, 0.3) is 33.0 Å². The summed E-state index contributed by atoms with van der Waals surface area (Å²) in [7, 11) is 0. The van der Waals surface area contributed by atoms with Crippen LogP contribution in [0.2, 0.25) is 0 Å². The first kappa shape index (κ1) is 12.5. The summed E-state index contributed by atoms with van der Waals surface area (Å²) in [5.74, 6) is 1.82. The molecule has 1 aliphatic heterocycles. The van der Waals surface area contributed by atoms with Crippen LogP contribution in [0.3, 0.4) is 0 Å². The molecule has 0 amide bonds. The molecule has 4 aromatic rings. The lowest BCUT2D eigenvalue weighted by molar-refractivity contribution is 0.488. The molecule has 5 rings (SSSR count). The van der Waals surface area contributed by atoms with Crippen molar-refractivity contribution in [2.75, 3.05) is 0 Å². The summed E-state index contributed by atoms with van der Waals surface area (Å²) in [6.07, 6.45) is 0. The molecule has 4 aromatic carbocycles. The molecule has 0 bridgehead atoms. The number of hydrogen-bond acceptors (Lipinski definition) is 1. The Morgan fingerprint density at radius 3 is 1.39 bits per heavy atom. The van der Waals surface area contributed by atoms with Gasteiger partial charge in [-0.1, -0.05) is 60.7 Å². The predicted molar refractivity (Wildman–Crippen MR) is 94.9 cm³/mol. The molecular formula is C22H14O. The first-order chi connectivity index (χ1) is 11.4. The highest BCUT2D eigenvalue weighted by molar-refractivity contribution is 5.99. The van der Waals surface area contributed by atoms with Gasteiger partial charge in [-0.2, -0.15) is 0 Å². The van der Waals surface area contributed by atoms with Gasteiger partial charge < -0.3 is 4.74 Å². The Morgan fingerprint density at radius 1 is 0.435 bits per heavy atom. The largest absolute Gasteiger partial charge is 0.456 e. The van der Waals surface area contributed by atoms with Gasteiger partial charge >= 0.3 is 0 Å². The molecule has 0 atom stereocenters. The Morgan fingerprint density at radius 2 is 0.870 bits per heavy atom. The Balaban J connectivity index is 1.96. The smallest absolute Gasteiger partial charge is 0.135 e. The van der Waals surface area contributed by atoms with Gasteiger partial charge in [0.05, 0.1) is 0 Å². The molecule has 0 saturated carbocycles. The summed E-state index contributed by atoms with van der Waals surface area (Å²) in [6, 6.07) is 29.6. The molecule has 0 unspecified atom stereocenters. The van der Waals surface area contributed by atoms with E-state index in [1.807, 2.05) is 24.3 Å². The minimum absolute atomic E-state index is 0.911. The van der Waals surface area contributed by atoms with Gasteiger partial charge in [0.1, 0.15) is 11.5 Å². The Bertz CT molecular complexity index is 962. The highest BCUT2D eigenvalue weighted by Gasteiger charge is 2.20. The van der Waals surface area contributed by atoms with Crippen molar-refractivity contribution in [3.63, 3.8) is 0 Å². The Hall–Kier alpha value is -3.06. The van der Waals surface area contributed by atoms with E-state index in [-0.39, 0.29) is 0 Å². The van der Waals surface area contributed by atoms with Crippen molar-refractivity contribution in [2.24, 2.45) is 0 Å². The van der Waals surface area contributed by atoms with Gasteiger partial charge in [0, 0.05) is 11.1 Å². The summed E-state index contributed by atoms with van der Waals surface area (Å²) >= 11 is 0. The summed E-state index contributed by atoms with van der Waals surface area (Å²) in [5, 5.41) is 2.50. The number of benzene rings is 4. The third-order valence-corrected chi connectivity index (χ3v) is 4.46. The van der Waals surface area contributed by atoms with E-state index in [0.717, 1.165) is 22.6 Å². The molecule has 108 valence electrons. The molecule has 0 aromatic heterocycles. The lowest BCUT2D eigenvalue weighted by Gasteiger charge is -2.10. The first-order valence-electron chi connectivity index (χ1n) is 7.79. The fourth-order valence-corrected chi connectivity index (χ4v) is 3.36. The van der Waals surface area contributed by atoms with Crippen molar-refractivity contribution in [1.29, 1.82) is 0 Å². The van der Waals surface area contributed by atoms with Gasteiger partial charge in [-0.05, 0) is 46.2 Å². The van der Waals surface area contributed by atoms with E-state index in [0.29, 0.717) is 0 Å². The Kier molecular flexibility index (Phi) is 2.56. The van der Waals surface area contributed by atoms with Crippen LogP contribution in [0.1, 0.15) is 0 Å². The zero-order valence-corrected chi connectivity index (χ0v) is 12.5. The van der Waals surface area contributed by atoms with Crippen molar-refractivity contribution in [3.8, 4) is 33.8 Å². The molecule has 0 radical (unpaired) electrons. The summed E-state index contributed by atoms with van der Waals surface area (Å²) in [5.41, 5.74) is 4.74. The van der Waals surface area contributed by atoms with Crippen molar-refractivity contribution in [2.45, 2.75) is 0 Å². The summed E-state index contributed by atoms with van der Waals surface area (Å²) in [4.78, 5) is 0. The lowest BCUT2D eigenvalue weighted by Crippen LogP contribution is -1.84. The Labute approximate surface area is 134 Å². The molecule has 0 fully saturated rings. The first-order valence-corrected chi connectivity index (χ1v) is 7.79. The zero-order chi connectivity index (χ0) is 15.2. The average Bonchev–Trinajstić information content (AvgIpc) is 2.74. The standard InChI is InChI=1S/C22H14O/c1-2-8-16-14-20-18-10-4-6-12-22(18)23-21-11-5-3-9-17(21)19(20)13-15(16)7-1/h1-14H. The number of para-hydroxylation sites is 2. The molecule has 0 saturated heterocycles. The lowest BCUT2D eigenvalue weighted by atomic mass is 9.91. The molecular weight excluding hydrogens is 280 g/mol. The summed E-state index contributed by atoms with van der Waals surface area (Å²) in [6.45, 7) is 0. The zero-order valence-electron chi connectivity index (χ0n) is 12.5. The second kappa shape index (κ2) is 4.72. The predicted octanol–water partition coefficient (Wildman–Crippen LogP) is 6.28. The number of hydrogen-bond donors (Lipinski definition) is 0. The van der Waals surface area contributed by atoms with Crippen LogP contribution < -0.4 is 4.74 Å². The van der Waals surface area contributed by atoms with Crippen LogP contribution >= 0.6 is 0 Å². The van der Waals surface area contributed by atoms with Crippen molar-refractivity contribution >= 4 is 10.8 Å². The normalized spacial score (nSPS) is 11.8. The molecule has 1 heterocycles. The maximum absolute atomic E-state index is 6.21. The minimum atomic E-state index is 0.911. The monoisotopic (exact) mass is 294 g/mol. The number of fused-ring (bicyclic) bond motifs is 6. The van der Waals surface area contributed by atoms with Crippen LogP contribution in [0, 0.1) is 0 Å². The van der Waals surface area contributed by atoms with Crippen LogP contribution in [0.15, 0.2) is 84.9 Å². The van der Waals surface area contributed by atoms with Crippen molar-refractivity contribution < 1.29 is 4.74 Å². The fourth-order valence-electron chi connectivity index (χ4n) is 3.36. The molecule has 23 heavy (non-hydrogen) atoms. The molecule has 0 spiro atoms. The number of ether oxygens (including phenoxy) is 1. The highest BCUT2D eigenvalue weighted by atomic mass is 16.5. The van der Waals surface area contributed by atoms with E-state index < -0.39 is 0 Å². The SMILES string of the molecule is c1ccc2c(c1)Oc1ccccc1-c1cc3ccccc3cc1-2.